The third kappa shape index (κ3) is 4.35. The fourth-order valence-electron chi connectivity index (χ4n) is 5.34. The van der Waals surface area contributed by atoms with Crippen LogP contribution >= 0.6 is 11.3 Å². The molecule has 182 valence electrons. The second kappa shape index (κ2) is 9.33. The summed E-state index contributed by atoms with van der Waals surface area (Å²) in [4.78, 5) is 3.70. The molecular weight excluding hydrogens is 472 g/mol. The Morgan fingerprint density at radius 2 is 2.06 bits per heavy atom. The number of rotatable bonds is 8. The number of benzene rings is 1. The summed E-state index contributed by atoms with van der Waals surface area (Å²) in [6.07, 6.45) is 2.08. The zero-order valence-electron chi connectivity index (χ0n) is 19.6. The zero-order valence-corrected chi connectivity index (χ0v) is 21.2. The summed E-state index contributed by atoms with van der Waals surface area (Å²) >= 11 is 1.70. The van der Waals surface area contributed by atoms with Gasteiger partial charge in [-0.2, -0.15) is 5.10 Å². The number of nitrogens with zero attached hydrogens (tertiary/aromatic N) is 3. The lowest BCUT2D eigenvalue weighted by Gasteiger charge is -2.49. The average Bonchev–Trinajstić information content (AvgIpc) is 3.52. The van der Waals surface area contributed by atoms with Crippen molar-refractivity contribution in [3.8, 4) is 22.1 Å². The summed E-state index contributed by atoms with van der Waals surface area (Å²) in [5.74, 6) is 1.70. The van der Waals surface area contributed by atoms with Gasteiger partial charge < -0.3 is 9.47 Å². The van der Waals surface area contributed by atoms with E-state index < -0.39 is 10.0 Å². The van der Waals surface area contributed by atoms with Gasteiger partial charge in [0.2, 0.25) is 10.0 Å². The SMILES string of the molecule is COc1ccc(OC)c(S(=O)(=O)NC[C@H]2C[C@@H]3CCN2C[C@H]3c2cc(-c3cccs3)nn2C)c1. The van der Waals surface area contributed by atoms with Crippen LogP contribution in [0, 0.1) is 5.92 Å². The molecule has 0 spiro atoms. The summed E-state index contributed by atoms with van der Waals surface area (Å²) < 4.78 is 41.5. The minimum Gasteiger partial charge on any atom is -0.497 e. The summed E-state index contributed by atoms with van der Waals surface area (Å²) in [5, 5.41) is 6.83. The molecule has 0 amide bonds. The van der Waals surface area contributed by atoms with Crippen LogP contribution in [0.4, 0.5) is 0 Å². The molecule has 34 heavy (non-hydrogen) atoms. The minimum absolute atomic E-state index is 0.0965. The molecule has 6 rings (SSSR count). The van der Waals surface area contributed by atoms with E-state index in [1.165, 1.54) is 30.9 Å². The molecule has 0 saturated carbocycles. The lowest BCUT2D eigenvalue weighted by atomic mass is 9.74. The minimum atomic E-state index is -3.74. The van der Waals surface area contributed by atoms with E-state index in [0.29, 0.717) is 29.9 Å². The van der Waals surface area contributed by atoms with Crippen LogP contribution in [0.15, 0.2) is 46.7 Å². The Balaban J connectivity index is 1.28. The topological polar surface area (TPSA) is 85.7 Å². The predicted octanol–water partition coefficient (Wildman–Crippen LogP) is 3.32. The van der Waals surface area contributed by atoms with Gasteiger partial charge in [-0.15, -0.1) is 11.3 Å². The van der Waals surface area contributed by atoms with E-state index in [4.69, 9.17) is 14.6 Å². The Hall–Kier alpha value is -2.40. The molecule has 10 heteroatoms. The molecule has 3 aliphatic heterocycles. The largest absolute Gasteiger partial charge is 0.497 e. The van der Waals surface area contributed by atoms with E-state index in [2.05, 4.69) is 33.2 Å². The maximum absolute atomic E-state index is 13.1. The van der Waals surface area contributed by atoms with Crippen LogP contribution in [0.1, 0.15) is 24.5 Å². The number of hydrogen-bond donors (Lipinski definition) is 1. The molecule has 3 aromatic rings. The van der Waals surface area contributed by atoms with E-state index in [0.717, 1.165) is 31.6 Å². The van der Waals surface area contributed by atoms with Gasteiger partial charge >= 0.3 is 0 Å². The van der Waals surface area contributed by atoms with Crippen molar-refractivity contribution < 1.29 is 17.9 Å². The van der Waals surface area contributed by atoms with Gasteiger partial charge in [0.15, 0.2) is 0 Å². The Bertz CT molecular complexity index is 1260. The quantitative estimate of drug-likeness (QED) is 0.509. The Labute approximate surface area is 204 Å². The summed E-state index contributed by atoms with van der Waals surface area (Å²) in [5.41, 5.74) is 2.29. The van der Waals surface area contributed by atoms with Crippen molar-refractivity contribution in [2.24, 2.45) is 13.0 Å². The van der Waals surface area contributed by atoms with Crippen molar-refractivity contribution in [3.05, 3.63) is 47.5 Å². The normalized spacial score (nSPS) is 24.3. The van der Waals surface area contributed by atoms with Crippen molar-refractivity contribution in [2.45, 2.75) is 29.7 Å². The second-order valence-electron chi connectivity index (χ2n) is 8.96. The first-order valence-corrected chi connectivity index (χ1v) is 13.8. The monoisotopic (exact) mass is 502 g/mol. The van der Waals surface area contributed by atoms with Gasteiger partial charge in [-0.1, -0.05) is 6.07 Å². The lowest BCUT2D eigenvalue weighted by Crippen LogP contribution is -2.56. The maximum atomic E-state index is 13.1. The maximum Gasteiger partial charge on any atom is 0.244 e. The highest BCUT2D eigenvalue weighted by Gasteiger charge is 2.42. The molecule has 2 bridgehead atoms. The van der Waals surface area contributed by atoms with Crippen molar-refractivity contribution >= 4 is 21.4 Å². The number of nitrogens with one attached hydrogen (secondary N) is 1. The average molecular weight is 503 g/mol. The highest BCUT2D eigenvalue weighted by Crippen LogP contribution is 2.42. The van der Waals surface area contributed by atoms with Crippen molar-refractivity contribution in [1.29, 1.82) is 0 Å². The fourth-order valence-corrected chi connectivity index (χ4v) is 7.27. The molecule has 1 aromatic carbocycles. The van der Waals surface area contributed by atoms with E-state index >= 15 is 0 Å². The van der Waals surface area contributed by atoms with Gasteiger partial charge in [-0.05, 0) is 54.9 Å². The van der Waals surface area contributed by atoms with Gasteiger partial charge in [0.1, 0.15) is 22.1 Å². The van der Waals surface area contributed by atoms with Gasteiger partial charge in [0, 0.05) is 43.9 Å². The molecule has 1 N–H and O–H groups in total. The van der Waals surface area contributed by atoms with Gasteiger partial charge in [-0.25, -0.2) is 13.1 Å². The van der Waals surface area contributed by atoms with E-state index in [-0.39, 0.29) is 10.9 Å². The second-order valence-corrected chi connectivity index (χ2v) is 11.6. The van der Waals surface area contributed by atoms with E-state index in [9.17, 15) is 8.42 Å². The number of fused-ring (bicyclic) bond motifs is 3. The molecule has 2 aromatic heterocycles. The molecule has 4 atom stereocenters. The Morgan fingerprint density at radius 3 is 2.74 bits per heavy atom. The number of methoxy groups -OCH3 is 2. The van der Waals surface area contributed by atoms with E-state index in [1.54, 1.807) is 23.5 Å². The first kappa shape index (κ1) is 23.3. The molecule has 3 saturated heterocycles. The molecule has 0 aliphatic carbocycles. The first-order valence-electron chi connectivity index (χ1n) is 11.4. The van der Waals surface area contributed by atoms with Gasteiger partial charge in [0.25, 0.3) is 0 Å². The first-order chi connectivity index (χ1) is 16.4. The number of aromatic nitrogens is 2. The number of hydrogen-bond acceptors (Lipinski definition) is 7. The van der Waals surface area contributed by atoms with Crippen LogP contribution in [-0.2, 0) is 17.1 Å². The standard InChI is InChI=1S/C24H30N4O4S2/c1-27-21(13-20(26-27)23-5-4-10-33-23)19-15-28-9-8-16(19)11-17(28)14-25-34(29,30)24-12-18(31-2)6-7-22(24)32-3/h4-7,10,12-13,16-17,19,25H,8-9,11,14-15H2,1-3H3/t16-,17+,19+/m0/s1. The van der Waals surface area contributed by atoms with Crippen LogP contribution in [-0.4, -0.2) is 63.0 Å². The molecular formula is C24H30N4O4S2. The van der Waals surface area contributed by atoms with Crippen LogP contribution < -0.4 is 14.2 Å². The van der Waals surface area contributed by atoms with Gasteiger partial charge in [-0.3, -0.25) is 9.58 Å². The van der Waals surface area contributed by atoms with Crippen molar-refractivity contribution in [2.75, 3.05) is 33.9 Å². The van der Waals surface area contributed by atoms with Crippen LogP contribution in [0.5, 0.6) is 11.5 Å². The number of piperidine rings is 3. The molecule has 1 unspecified atom stereocenters. The van der Waals surface area contributed by atoms with Crippen LogP contribution in [0.2, 0.25) is 0 Å². The molecule has 8 nitrogen and oxygen atoms in total. The molecule has 3 fully saturated rings. The molecule has 5 heterocycles. The van der Waals surface area contributed by atoms with Crippen LogP contribution in [0.25, 0.3) is 10.6 Å². The third-order valence-electron chi connectivity index (χ3n) is 7.12. The summed E-state index contributed by atoms with van der Waals surface area (Å²) in [6, 6.07) is 11.4. The third-order valence-corrected chi connectivity index (χ3v) is 9.45. The smallest absolute Gasteiger partial charge is 0.244 e. The summed E-state index contributed by atoms with van der Waals surface area (Å²) in [6.45, 7) is 2.28. The van der Waals surface area contributed by atoms with Crippen LogP contribution in [0.3, 0.4) is 0 Å². The van der Waals surface area contributed by atoms with Crippen molar-refractivity contribution in [1.82, 2.24) is 19.4 Å². The Kier molecular flexibility index (Phi) is 6.41. The number of ether oxygens (including phenoxy) is 2. The summed E-state index contributed by atoms with van der Waals surface area (Å²) in [7, 11) is 1.27. The number of sulfonamides is 1. The highest BCUT2D eigenvalue weighted by atomic mass is 32.2. The van der Waals surface area contributed by atoms with E-state index in [1.807, 2.05) is 11.7 Å². The van der Waals surface area contributed by atoms with Crippen molar-refractivity contribution in [3.63, 3.8) is 0 Å². The number of aryl methyl sites for hydroxylation is 1. The predicted molar refractivity (Wildman–Crippen MR) is 132 cm³/mol. The highest BCUT2D eigenvalue weighted by molar-refractivity contribution is 7.89. The zero-order chi connectivity index (χ0) is 23.9. The molecule has 3 aliphatic rings. The molecule has 0 radical (unpaired) electrons. The lowest BCUT2D eigenvalue weighted by molar-refractivity contribution is 0.0306. The fraction of sp³-hybridized carbons (Fsp3) is 0.458. The Morgan fingerprint density at radius 1 is 1.21 bits per heavy atom. The number of thiophene rings is 1. The van der Waals surface area contributed by atoms with Gasteiger partial charge in [0.05, 0.1) is 19.1 Å².